The molecule has 1 unspecified atom stereocenters. The number of ether oxygens (including phenoxy) is 1. The van der Waals surface area contributed by atoms with Crippen molar-refractivity contribution in [2.45, 2.75) is 25.8 Å². The zero-order valence-corrected chi connectivity index (χ0v) is 12.2. The Hall–Kier alpha value is -0.520. The molecule has 1 aromatic carbocycles. The van der Waals surface area contributed by atoms with Crippen LogP contribution in [0.5, 0.6) is 0 Å². The first-order valence-electron chi connectivity index (χ1n) is 5.97. The minimum Gasteiger partial charge on any atom is -0.382 e. The van der Waals surface area contributed by atoms with Gasteiger partial charge < -0.3 is 10.1 Å². The largest absolute Gasteiger partial charge is 0.382 e. The molecule has 1 aromatic rings. The highest BCUT2D eigenvalue weighted by Gasteiger charge is 2.16. The number of hydrogen-bond acceptors (Lipinski definition) is 2. The molecule has 1 atom stereocenters. The van der Waals surface area contributed by atoms with E-state index >= 15 is 0 Å². The SMILES string of the molecule is CCOCCC(Cc1c(F)ccc(Br)c1F)NC. The molecular formula is C13H18BrF2NO. The van der Waals surface area contributed by atoms with Gasteiger partial charge in [0.1, 0.15) is 11.6 Å². The fraction of sp³-hybridized carbons (Fsp3) is 0.538. The number of likely N-dealkylation sites (N-methyl/N-ethyl adjacent to an activating group) is 1. The fourth-order valence-electron chi connectivity index (χ4n) is 1.72. The Morgan fingerprint density at radius 2 is 2.11 bits per heavy atom. The summed E-state index contributed by atoms with van der Waals surface area (Å²) in [4.78, 5) is 0. The first-order chi connectivity index (χ1) is 8.60. The van der Waals surface area contributed by atoms with Crippen molar-refractivity contribution in [1.29, 1.82) is 0 Å². The van der Waals surface area contributed by atoms with Gasteiger partial charge >= 0.3 is 0 Å². The van der Waals surface area contributed by atoms with Crippen molar-refractivity contribution in [2.75, 3.05) is 20.3 Å². The van der Waals surface area contributed by atoms with Gasteiger partial charge in [-0.25, -0.2) is 8.78 Å². The molecule has 0 aliphatic heterocycles. The van der Waals surface area contributed by atoms with E-state index in [1.807, 2.05) is 6.92 Å². The van der Waals surface area contributed by atoms with Gasteiger partial charge in [0.05, 0.1) is 4.47 Å². The van der Waals surface area contributed by atoms with Crippen LogP contribution in [0.4, 0.5) is 8.78 Å². The molecule has 0 amide bonds. The highest BCUT2D eigenvalue weighted by atomic mass is 79.9. The lowest BCUT2D eigenvalue weighted by atomic mass is 10.0. The Morgan fingerprint density at radius 1 is 1.39 bits per heavy atom. The van der Waals surface area contributed by atoms with Crippen molar-refractivity contribution >= 4 is 15.9 Å². The zero-order chi connectivity index (χ0) is 13.5. The summed E-state index contributed by atoms with van der Waals surface area (Å²) < 4.78 is 32.9. The monoisotopic (exact) mass is 321 g/mol. The lowest BCUT2D eigenvalue weighted by Gasteiger charge is -2.17. The van der Waals surface area contributed by atoms with Crippen LogP contribution in [0, 0.1) is 11.6 Å². The summed E-state index contributed by atoms with van der Waals surface area (Å²) in [6.07, 6.45) is 1.02. The van der Waals surface area contributed by atoms with Gasteiger partial charge in [0.25, 0.3) is 0 Å². The van der Waals surface area contributed by atoms with E-state index in [1.165, 1.54) is 12.1 Å². The maximum absolute atomic E-state index is 13.8. The van der Waals surface area contributed by atoms with E-state index in [4.69, 9.17) is 4.74 Å². The Bertz CT molecular complexity index is 387. The van der Waals surface area contributed by atoms with Crippen LogP contribution >= 0.6 is 15.9 Å². The number of rotatable bonds is 7. The van der Waals surface area contributed by atoms with E-state index in [0.29, 0.717) is 24.1 Å². The molecule has 1 rings (SSSR count). The van der Waals surface area contributed by atoms with E-state index in [9.17, 15) is 8.78 Å². The summed E-state index contributed by atoms with van der Waals surface area (Å²) >= 11 is 3.07. The molecule has 0 bridgehead atoms. The molecule has 18 heavy (non-hydrogen) atoms. The molecule has 0 aliphatic carbocycles. The van der Waals surface area contributed by atoms with E-state index in [-0.39, 0.29) is 11.6 Å². The molecule has 2 nitrogen and oxygen atoms in total. The van der Waals surface area contributed by atoms with Crippen molar-refractivity contribution in [3.8, 4) is 0 Å². The summed E-state index contributed by atoms with van der Waals surface area (Å²) in [5.74, 6) is -1.03. The van der Waals surface area contributed by atoms with E-state index in [1.54, 1.807) is 7.05 Å². The predicted molar refractivity (Wildman–Crippen MR) is 71.7 cm³/mol. The third-order valence-electron chi connectivity index (χ3n) is 2.81. The van der Waals surface area contributed by atoms with Gasteiger partial charge in [-0.2, -0.15) is 0 Å². The Labute approximate surface area is 115 Å². The first-order valence-corrected chi connectivity index (χ1v) is 6.76. The number of benzene rings is 1. The Morgan fingerprint density at radius 3 is 2.72 bits per heavy atom. The van der Waals surface area contributed by atoms with E-state index < -0.39 is 11.6 Å². The third kappa shape index (κ3) is 4.30. The van der Waals surface area contributed by atoms with E-state index in [0.717, 1.165) is 6.42 Å². The summed E-state index contributed by atoms with van der Waals surface area (Å²) in [5, 5.41) is 3.05. The highest BCUT2D eigenvalue weighted by molar-refractivity contribution is 9.10. The van der Waals surface area contributed by atoms with Gasteiger partial charge in [-0.15, -0.1) is 0 Å². The van der Waals surface area contributed by atoms with Crippen LogP contribution in [0.25, 0.3) is 0 Å². The van der Waals surface area contributed by atoms with Gasteiger partial charge in [-0.1, -0.05) is 0 Å². The predicted octanol–water partition coefficient (Wildman–Crippen LogP) is 3.28. The minimum absolute atomic E-state index is 0.00477. The standard InChI is InChI=1S/C13H18BrF2NO/c1-3-18-7-6-9(17-2)8-10-12(15)5-4-11(14)13(10)16/h4-5,9,17H,3,6-8H2,1-2H3. The zero-order valence-electron chi connectivity index (χ0n) is 10.6. The summed E-state index contributed by atoms with van der Waals surface area (Å²) in [5.41, 5.74) is 0.111. The molecule has 0 spiro atoms. The Balaban J connectivity index is 2.72. The lowest BCUT2D eigenvalue weighted by Crippen LogP contribution is -2.29. The molecule has 0 aromatic heterocycles. The molecule has 5 heteroatoms. The second-order valence-electron chi connectivity index (χ2n) is 4.00. The van der Waals surface area contributed by atoms with Crippen LogP contribution < -0.4 is 5.32 Å². The van der Waals surface area contributed by atoms with Crippen molar-refractivity contribution < 1.29 is 13.5 Å². The van der Waals surface area contributed by atoms with Crippen molar-refractivity contribution in [3.05, 3.63) is 33.8 Å². The first kappa shape index (κ1) is 15.5. The number of hydrogen-bond donors (Lipinski definition) is 1. The number of nitrogens with one attached hydrogen (secondary N) is 1. The van der Waals surface area contributed by atoms with Crippen molar-refractivity contribution in [3.63, 3.8) is 0 Å². The Kier molecular flexibility index (Phi) is 6.75. The maximum Gasteiger partial charge on any atom is 0.143 e. The molecule has 0 saturated carbocycles. The average molecular weight is 322 g/mol. The summed E-state index contributed by atoms with van der Waals surface area (Å²) in [6.45, 7) is 3.15. The number of halogens is 3. The maximum atomic E-state index is 13.8. The molecule has 0 heterocycles. The minimum atomic E-state index is -0.522. The van der Waals surface area contributed by atoms with Crippen LogP contribution in [0.15, 0.2) is 16.6 Å². The molecule has 1 N–H and O–H groups in total. The second kappa shape index (κ2) is 7.81. The van der Waals surface area contributed by atoms with E-state index in [2.05, 4.69) is 21.2 Å². The quantitative estimate of drug-likeness (QED) is 0.614. The normalized spacial score (nSPS) is 12.7. The summed E-state index contributed by atoms with van der Waals surface area (Å²) in [7, 11) is 1.78. The molecule has 0 radical (unpaired) electrons. The molecule has 0 aliphatic rings. The average Bonchev–Trinajstić information content (AvgIpc) is 2.37. The van der Waals surface area contributed by atoms with Crippen LogP contribution in [0.2, 0.25) is 0 Å². The van der Waals surface area contributed by atoms with Gasteiger partial charge in [-0.05, 0) is 54.9 Å². The van der Waals surface area contributed by atoms with Gasteiger partial charge in [0, 0.05) is 24.8 Å². The van der Waals surface area contributed by atoms with Gasteiger partial charge in [0.15, 0.2) is 0 Å². The van der Waals surface area contributed by atoms with Crippen LogP contribution in [0.3, 0.4) is 0 Å². The topological polar surface area (TPSA) is 21.3 Å². The van der Waals surface area contributed by atoms with Crippen LogP contribution in [-0.4, -0.2) is 26.3 Å². The summed E-state index contributed by atoms with van der Waals surface area (Å²) in [6, 6.07) is 2.65. The van der Waals surface area contributed by atoms with Gasteiger partial charge in [0.2, 0.25) is 0 Å². The molecule has 102 valence electrons. The van der Waals surface area contributed by atoms with Crippen molar-refractivity contribution in [1.82, 2.24) is 5.32 Å². The van der Waals surface area contributed by atoms with Gasteiger partial charge in [-0.3, -0.25) is 0 Å². The van der Waals surface area contributed by atoms with Crippen LogP contribution in [0.1, 0.15) is 18.9 Å². The molecule has 0 fully saturated rings. The molecular weight excluding hydrogens is 304 g/mol. The van der Waals surface area contributed by atoms with Crippen LogP contribution in [-0.2, 0) is 11.2 Å². The lowest BCUT2D eigenvalue weighted by molar-refractivity contribution is 0.137. The molecule has 0 saturated heterocycles. The highest BCUT2D eigenvalue weighted by Crippen LogP contribution is 2.23. The fourth-order valence-corrected chi connectivity index (χ4v) is 2.09. The smallest absolute Gasteiger partial charge is 0.143 e. The van der Waals surface area contributed by atoms with Crippen molar-refractivity contribution in [2.24, 2.45) is 0 Å². The third-order valence-corrected chi connectivity index (χ3v) is 3.42. The second-order valence-corrected chi connectivity index (χ2v) is 4.85.